The largest absolute Gasteiger partial charge is 0.462 e. The van der Waals surface area contributed by atoms with Gasteiger partial charge >= 0.3 is 5.97 Å². The van der Waals surface area contributed by atoms with Crippen LogP contribution in [0.5, 0.6) is 0 Å². The van der Waals surface area contributed by atoms with Gasteiger partial charge in [0, 0.05) is 6.54 Å². The molecule has 25 heavy (non-hydrogen) atoms. The molecule has 1 aromatic carbocycles. The molecular weight excluding hydrogens is 316 g/mol. The van der Waals surface area contributed by atoms with Gasteiger partial charge in [-0.3, -0.25) is 0 Å². The van der Waals surface area contributed by atoms with Gasteiger partial charge in [0.1, 0.15) is 16.9 Å². The maximum Gasteiger partial charge on any atom is 0.344 e. The number of fused-ring (bicyclic) bond motifs is 2. The van der Waals surface area contributed by atoms with Crippen molar-refractivity contribution in [3.63, 3.8) is 0 Å². The molecule has 0 atom stereocenters. The van der Waals surface area contributed by atoms with Crippen molar-refractivity contribution in [2.75, 3.05) is 12.3 Å². The van der Waals surface area contributed by atoms with Crippen molar-refractivity contribution < 1.29 is 9.53 Å². The SMILES string of the molecule is CCCCCCn1c(N)c(C(=O)OCC)c2nc3ccccc3nc21. The van der Waals surface area contributed by atoms with Crippen LogP contribution in [0.25, 0.3) is 22.2 Å². The molecule has 0 bridgehead atoms. The van der Waals surface area contributed by atoms with Gasteiger partial charge in [-0.05, 0) is 25.5 Å². The molecule has 132 valence electrons. The Bertz CT molecular complexity index is 901. The third-order valence-corrected chi connectivity index (χ3v) is 4.31. The molecule has 2 aromatic heterocycles. The molecule has 2 heterocycles. The van der Waals surface area contributed by atoms with Crippen molar-refractivity contribution in [1.29, 1.82) is 0 Å². The molecule has 6 nitrogen and oxygen atoms in total. The number of benzene rings is 1. The van der Waals surface area contributed by atoms with Crippen LogP contribution in [0.2, 0.25) is 0 Å². The molecule has 6 heteroatoms. The van der Waals surface area contributed by atoms with Crippen LogP contribution < -0.4 is 5.73 Å². The Balaban J connectivity index is 2.14. The minimum Gasteiger partial charge on any atom is -0.462 e. The average Bonchev–Trinajstić information content (AvgIpc) is 2.88. The van der Waals surface area contributed by atoms with Gasteiger partial charge in [-0.15, -0.1) is 0 Å². The lowest BCUT2D eigenvalue weighted by molar-refractivity contribution is 0.0529. The van der Waals surface area contributed by atoms with Crippen LogP contribution in [0.1, 0.15) is 49.9 Å². The number of carbonyl (C=O) groups excluding carboxylic acids is 1. The van der Waals surface area contributed by atoms with Gasteiger partial charge < -0.3 is 15.0 Å². The second-order valence-electron chi connectivity index (χ2n) is 6.08. The van der Waals surface area contributed by atoms with Crippen molar-refractivity contribution in [3.05, 3.63) is 29.8 Å². The molecule has 0 aliphatic carbocycles. The standard InChI is InChI=1S/C19H24N4O2/c1-3-5-6-9-12-23-17(20)15(19(24)25-4-2)16-18(23)22-14-11-8-7-10-13(14)21-16/h7-8,10-11H,3-6,9,12,20H2,1-2H3. The van der Waals surface area contributed by atoms with E-state index in [1.54, 1.807) is 6.92 Å². The summed E-state index contributed by atoms with van der Waals surface area (Å²) in [6, 6.07) is 7.62. The monoisotopic (exact) mass is 340 g/mol. The van der Waals surface area contributed by atoms with E-state index in [9.17, 15) is 4.79 Å². The molecule has 0 spiro atoms. The van der Waals surface area contributed by atoms with Crippen molar-refractivity contribution in [2.45, 2.75) is 46.1 Å². The minimum absolute atomic E-state index is 0.294. The summed E-state index contributed by atoms with van der Waals surface area (Å²) in [7, 11) is 0. The van der Waals surface area contributed by atoms with Gasteiger partial charge in [-0.1, -0.05) is 38.3 Å². The van der Waals surface area contributed by atoms with Gasteiger partial charge in [0.05, 0.1) is 17.6 Å². The highest BCUT2D eigenvalue weighted by atomic mass is 16.5. The number of ether oxygens (including phenoxy) is 1. The highest BCUT2D eigenvalue weighted by Gasteiger charge is 2.24. The second-order valence-corrected chi connectivity index (χ2v) is 6.08. The molecule has 0 radical (unpaired) electrons. The summed E-state index contributed by atoms with van der Waals surface area (Å²) >= 11 is 0. The number of unbranched alkanes of at least 4 members (excludes halogenated alkanes) is 3. The van der Waals surface area contributed by atoms with E-state index in [4.69, 9.17) is 15.5 Å². The number of hydrogen-bond donors (Lipinski definition) is 1. The average molecular weight is 340 g/mol. The van der Waals surface area contributed by atoms with E-state index < -0.39 is 5.97 Å². The highest BCUT2D eigenvalue weighted by Crippen LogP contribution is 2.29. The van der Waals surface area contributed by atoms with E-state index in [1.165, 1.54) is 12.8 Å². The number of aromatic nitrogens is 3. The topological polar surface area (TPSA) is 83.0 Å². The van der Waals surface area contributed by atoms with Crippen molar-refractivity contribution >= 4 is 34.0 Å². The van der Waals surface area contributed by atoms with Crippen LogP contribution >= 0.6 is 0 Å². The molecule has 2 N–H and O–H groups in total. The summed E-state index contributed by atoms with van der Waals surface area (Å²) in [5.74, 6) is -0.0536. The molecule has 0 aliphatic heterocycles. The fraction of sp³-hybridized carbons (Fsp3) is 0.421. The first-order valence-electron chi connectivity index (χ1n) is 8.89. The number of esters is 1. The fourth-order valence-electron chi connectivity index (χ4n) is 3.04. The zero-order chi connectivity index (χ0) is 17.8. The number of para-hydroxylation sites is 2. The number of anilines is 1. The molecule has 0 amide bonds. The van der Waals surface area contributed by atoms with E-state index in [0.29, 0.717) is 29.2 Å². The van der Waals surface area contributed by atoms with Crippen LogP contribution in [0.15, 0.2) is 24.3 Å². The molecule has 0 fully saturated rings. The Morgan fingerprint density at radius 3 is 2.52 bits per heavy atom. The second kappa shape index (κ2) is 7.51. The summed E-state index contributed by atoms with van der Waals surface area (Å²) in [5.41, 5.74) is 9.33. The molecular formula is C19H24N4O2. The zero-order valence-corrected chi connectivity index (χ0v) is 14.8. The van der Waals surface area contributed by atoms with Gasteiger partial charge in [0.15, 0.2) is 5.65 Å². The first-order valence-corrected chi connectivity index (χ1v) is 8.89. The first-order chi connectivity index (χ1) is 12.2. The van der Waals surface area contributed by atoms with E-state index in [1.807, 2.05) is 28.8 Å². The Morgan fingerprint density at radius 1 is 1.12 bits per heavy atom. The predicted octanol–water partition coefficient (Wildman–Crippen LogP) is 3.92. The normalized spacial score (nSPS) is 11.3. The van der Waals surface area contributed by atoms with Crippen LogP contribution in [0.4, 0.5) is 5.82 Å². The maximum absolute atomic E-state index is 12.4. The number of carbonyl (C=O) groups is 1. The van der Waals surface area contributed by atoms with Crippen LogP contribution in [0, 0.1) is 0 Å². The Hall–Kier alpha value is -2.63. The molecule has 0 aliphatic rings. The first kappa shape index (κ1) is 17.2. The van der Waals surface area contributed by atoms with Gasteiger partial charge in [0.25, 0.3) is 0 Å². The van der Waals surface area contributed by atoms with E-state index in [-0.39, 0.29) is 0 Å². The number of nitrogen functional groups attached to an aromatic ring is 1. The summed E-state index contributed by atoms with van der Waals surface area (Å²) < 4.78 is 7.08. The Morgan fingerprint density at radius 2 is 1.84 bits per heavy atom. The van der Waals surface area contributed by atoms with Crippen LogP contribution in [0.3, 0.4) is 0 Å². The maximum atomic E-state index is 12.4. The number of hydrogen-bond acceptors (Lipinski definition) is 5. The summed E-state index contributed by atoms with van der Waals surface area (Å²) in [5, 5.41) is 0. The summed E-state index contributed by atoms with van der Waals surface area (Å²) in [6.45, 7) is 4.96. The molecule has 0 unspecified atom stereocenters. The third-order valence-electron chi connectivity index (χ3n) is 4.31. The lowest BCUT2D eigenvalue weighted by Gasteiger charge is -2.07. The predicted molar refractivity (Wildman–Crippen MR) is 99.5 cm³/mol. The van der Waals surface area contributed by atoms with Crippen molar-refractivity contribution in [1.82, 2.24) is 14.5 Å². The van der Waals surface area contributed by atoms with Gasteiger partial charge in [-0.2, -0.15) is 0 Å². The summed E-state index contributed by atoms with van der Waals surface area (Å²) in [4.78, 5) is 21.8. The van der Waals surface area contributed by atoms with Crippen molar-refractivity contribution in [3.8, 4) is 0 Å². The van der Waals surface area contributed by atoms with Gasteiger partial charge in [0.2, 0.25) is 0 Å². The number of aryl methyl sites for hydroxylation is 1. The van der Waals surface area contributed by atoms with Crippen LogP contribution in [-0.2, 0) is 11.3 Å². The van der Waals surface area contributed by atoms with E-state index in [0.717, 1.165) is 30.4 Å². The Labute approximate surface area is 147 Å². The zero-order valence-electron chi connectivity index (χ0n) is 14.8. The number of rotatable bonds is 7. The van der Waals surface area contributed by atoms with E-state index >= 15 is 0 Å². The lowest BCUT2D eigenvalue weighted by atomic mass is 10.2. The lowest BCUT2D eigenvalue weighted by Crippen LogP contribution is -2.10. The molecule has 3 rings (SSSR count). The third kappa shape index (κ3) is 3.29. The number of nitrogens with two attached hydrogens (primary N) is 1. The molecule has 0 saturated carbocycles. The van der Waals surface area contributed by atoms with Crippen molar-refractivity contribution in [2.24, 2.45) is 0 Å². The van der Waals surface area contributed by atoms with Crippen LogP contribution in [-0.4, -0.2) is 27.1 Å². The fourth-order valence-corrected chi connectivity index (χ4v) is 3.04. The number of nitrogens with zero attached hydrogens (tertiary/aromatic N) is 3. The minimum atomic E-state index is -0.443. The quantitative estimate of drug-likeness (QED) is 0.520. The highest BCUT2D eigenvalue weighted by molar-refractivity contribution is 6.08. The Kier molecular flexibility index (Phi) is 5.16. The smallest absolute Gasteiger partial charge is 0.344 e. The molecule has 3 aromatic rings. The van der Waals surface area contributed by atoms with Gasteiger partial charge in [-0.25, -0.2) is 14.8 Å². The summed E-state index contributed by atoms with van der Waals surface area (Å²) in [6.07, 6.45) is 4.45. The van der Waals surface area contributed by atoms with E-state index in [2.05, 4.69) is 11.9 Å². The molecule has 0 saturated heterocycles.